The molecule has 158 valence electrons. The highest BCUT2D eigenvalue weighted by molar-refractivity contribution is 5.75. The molecule has 0 heterocycles. The van der Waals surface area contributed by atoms with Crippen LogP contribution < -0.4 is 0 Å². The van der Waals surface area contributed by atoms with E-state index in [1.54, 1.807) is 19.0 Å². The molecule has 5 atom stereocenters. The first-order valence-corrected chi connectivity index (χ1v) is 10.8. The number of benzene rings is 1. The van der Waals surface area contributed by atoms with E-state index in [1.165, 1.54) is 11.1 Å². The maximum Gasteiger partial charge on any atom is 0.222 e. The number of aryl methyl sites for hydroxylation is 1. The highest BCUT2D eigenvalue weighted by Crippen LogP contribution is 2.48. The molecule has 0 saturated heterocycles. The lowest BCUT2D eigenvalue weighted by Gasteiger charge is -2.19. The molecule has 2 aliphatic carbocycles. The maximum absolute atomic E-state index is 11.7. The number of nitrogens with zero attached hydrogens (tertiary/aromatic N) is 1. The Bertz CT molecular complexity index is 767. The van der Waals surface area contributed by atoms with E-state index in [0.717, 1.165) is 31.2 Å². The van der Waals surface area contributed by atoms with Gasteiger partial charge in [0.05, 0.1) is 12.2 Å². The monoisotopic (exact) mass is 397 g/mol. The van der Waals surface area contributed by atoms with Crippen molar-refractivity contribution >= 4 is 5.91 Å². The molecule has 2 N–H and O–H groups in total. The Balaban J connectivity index is 1.51. The second kappa shape index (κ2) is 9.73. The predicted octanol–water partition coefficient (Wildman–Crippen LogP) is 3.66. The average Bonchev–Trinajstić information content (AvgIpc) is 3.16. The summed E-state index contributed by atoms with van der Waals surface area (Å²) in [5, 5.41) is 20.9. The van der Waals surface area contributed by atoms with Crippen LogP contribution in [0, 0.1) is 24.7 Å². The van der Waals surface area contributed by atoms with Crippen molar-refractivity contribution in [1.82, 2.24) is 4.90 Å². The molecule has 1 aromatic rings. The lowest BCUT2D eigenvalue weighted by atomic mass is 9.88. The van der Waals surface area contributed by atoms with Gasteiger partial charge < -0.3 is 15.1 Å². The van der Waals surface area contributed by atoms with Crippen molar-refractivity contribution in [2.24, 2.45) is 17.8 Å². The van der Waals surface area contributed by atoms with Crippen molar-refractivity contribution in [2.45, 2.75) is 57.7 Å². The fourth-order valence-electron chi connectivity index (χ4n) is 4.89. The van der Waals surface area contributed by atoms with Crippen molar-refractivity contribution in [3.05, 3.63) is 59.2 Å². The zero-order chi connectivity index (χ0) is 21.0. The SMILES string of the molecule is Cc1cccc(C[C@H](O)C=C[C@@H]2[C@H]3CC(CCCC(=O)N(C)C)=C[C@H]3C[C@H]2O)c1. The molecule has 0 radical (unpaired) electrons. The largest absolute Gasteiger partial charge is 0.392 e. The van der Waals surface area contributed by atoms with Crippen molar-refractivity contribution in [1.29, 1.82) is 0 Å². The molecule has 0 aliphatic heterocycles. The Morgan fingerprint density at radius 3 is 2.86 bits per heavy atom. The van der Waals surface area contributed by atoms with Gasteiger partial charge >= 0.3 is 0 Å². The van der Waals surface area contributed by atoms with Gasteiger partial charge in [0.1, 0.15) is 0 Å². The Morgan fingerprint density at radius 2 is 2.14 bits per heavy atom. The summed E-state index contributed by atoms with van der Waals surface area (Å²) in [5.74, 6) is 1.13. The fraction of sp³-hybridized carbons (Fsp3) is 0.560. The Hall–Kier alpha value is -1.91. The lowest BCUT2D eigenvalue weighted by molar-refractivity contribution is -0.128. The summed E-state index contributed by atoms with van der Waals surface area (Å²) in [6.07, 6.45) is 10.2. The number of amides is 1. The fourth-order valence-corrected chi connectivity index (χ4v) is 4.89. The Morgan fingerprint density at radius 1 is 1.34 bits per heavy atom. The highest BCUT2D eigenvalue weighted by Gasteiger charge is 2.43. The van der Waals surface area contributed by atoms with E-state index < -0.39 is 6.10 Å². The summed E-state index contributed by atoms with van der Waals surface area (Å²) >= 11 is 0. The van der Waals surface area contributed by atoms with Crippen LogP contribution in [0.2, 0.25) is 0 Å². The Kier molecular flexibility index (Phi) is 7.31. The van der Waals surface area contributed by atoms with Gasteiger partial charge in [0.15, 0.2) is 0 Å². The first-order valence-electron chi connectivity index (χ1n) is 10.8. The van der Waals surface area contributed by atoms with Crippen molar-refractivity contribution in [3.63, 3.8) is 0 Å². The van der Waals surface area contributed by atoms with Gasteiger partial charge in [0.2, 0.25) is 5.91 Å². The number of carbonyl (C=O) groups excluding carboxylic acids is 1. The van der Waals surface area contributed by atoms with E-state index in [4.69, 9.17) is 0 Å². The predicted molar refractivity (Wildman–Crippen MR) is 116 cm³/mol. The average molecular weight is 398 g/mol. The molecule has 1 aromatic carbocycles. The molecule has 1 amide bonds. The third kappa shape index (κ3) is 5.80. The van der Waals surface area contributed by atoms with Gasteiger partial charge in [0, 0.05) is 32.9 Å². The quantitative estimate of drug-likeness (QED) is 0.658. The first-order chi connectivity index (χ1) is 13.8. The standard InChI is InChI=1S/C25H35NO3/c1-17-6-4-7-18(12-17)14-21(27)10-11-22-23-15-19(13-20(23)16-24(22)28)8-5-9-25(29)26(2)3/h4,6-7,10-13,20-24,27-28H,5,8-9,14-16H2,1-3H3/t20-,21+,22+,23-,24+/m0/s1. The molecule has 29 heavy (non-hydrogen) atoms. The van der Waals surface area contributed by atoms with Crippen LogP contribution in [0.1, 0.15) is 43.2 Å². The van der Waals surface area contributed by atoms with Gasteiger partial charge in [0.25, 0.3) is 0 Å². The molecule has 0 aromatic heterocycles. The third-order valence-corrected chi connectivity index (χ3v) is 6.42. The number of rotatable bonds is 8. The molecule has 1 saturated carbocycles. The maximum atomic E-state index is 11.7. The van der Waals surface area contributed by atoms with Gasteiger partial charge in [-0.1, -0.05) is 53.6 Å². The third-order valence-electron chi connectivity index (χ3n) is 6.42. The van der Waals surface area contributed by atoms with Gasteiger partial charge in [-0.05, 0) is 50.0 Å². The topological polar surface area (TPSA) is 60.8 Å². The molecule has 0 unspecified atom stereocenters. The number of hydrogen-bond acceptors (Lipinski definition) is 3. The lowest BCUT2D eigenvalue weighted by Crippen LogP contribution is -2.21. The normalized spacial score (nSPS) is 27.1. The minimum absolute atomic E-state index is 0.101. The summed E-state index contributed by atoms with van der Waals surface area (Å²) in [6, 6.07) is 8.22. The van der Waals surface area contributed by atoms with Crippen LogP contribution in [0.5, 0.6) is 0 Å². The minimum atomic E-state index is -0.533. The van der Waals surface area contributed by atoms with Gasteiger partial charge in [-0.3, -0.25) is 4.79 Å². The molecule has 4 nitrogen and oxygen atoms in total. The zero-order valence-corrected chi connectivity index (χ0v) is 17.9. The summed E-state index contributed by atoms with van der Waals surface area (Å²) in [6.45, 7) is 2.06. The summed E-state index contributed by atoms with van der Waals surface area (Å²) in [5.41, 5.74) is 3.76. The van der Waals surface area contributed by atoms with Crippen molar-refractivity contribution < 1.29 is 15.0 Å². The number of aliphatic hydroxyl groups is 2. The molecule has 0 bridgehead atoms. The summed E-state index contributed by atoms with van der Waals surface area (Å²) in [4.78, 5) is 13.4. The number of allylic oxidation sites excluding steroid dienone is 2. The molecule has 1 fully saturated rings. The molecule has 0 spiro atoms. The van der Waals surface area contributed by atoms with Crippen molar-refractivity contribution in [2.75, 3.05) is 14.1 Å². The van der Waals surface area contributed by atoms with Crippen molar-refractivity contribution in [3.8, 4) is 0 Å². The molecular formula is C25H35NO3. The molecule has 2 aliphatic rings. The molecule has 4 heteroatoms. The van der Waals surface area contributed by atoms with Crippen LogP contribution in [0.4, 0.5) is 0 Å². The second-order valence-corrected chi connectivity index (χ2v) is 9.02. The van der Waals surface area contributed by atoms with Gasteiger partial charge in [-0.2, -0.15) is 0 Å². The number of aliphatic hydroxyl groups excluding tert-OH is 2. The van der Waals surface area contributed by atoms with Crippen LogP contribution in [0.15, 0.2) is 48.1 Å². The number of fused-ring (bicyclic) bond motifs is 1. The van der Waals surface area contributed by atoms with Gasteiger partial charge in [-0.25, -0.2) is 0 Å². The van der Waals surface area contributed by atoms with Crippen LogP contribution in [-0.4, -0.2) is 47.3 Å². The summed E-state index contributed by atoms with van der Waals surface area (Å²) in [7, 11) is 3.60. The van der Waals surface area contributed by atoms with E-state index >= 15 is 0 Å². The van der Waals surface area contributed by atoms with Crippen LogP contribution in [-0.2, 0) is 11.2 Å². The van der Waals surface area contributed by atoms with Crippen LogP contribution in [0.3, 0.4) is 0 Å². The number of hydrogen-bond donors (Lipinski definition) is 2. The second-order valence-electron chi connectivity index (χ2n) is 9.02. The van der Waals surface area contributed by atoms with E-state index in [-0.39, 0.29) is 17.9 Å². The summed E-state index contributed by atoms with van der Waals surface area (Å²) < 4.78 is 0. The minimum Gasteiger partial charge on any atom is -0.392 e. The van der Waals surface area contributed by atoms with E-state index in [2.05, 4.69) is 25.1 Å². The number of carbonyl (C=O) groups is 1. The smallest absolute Gasteiger partial charge is 0.222 e. The molecule has 3 rings (SSSR count). The van der Waals surface area contributed by atoms with E-state index in [1.807, 2.05) is 24.3 Å². The molecular weight excluding hydrogens is 362 g/mol. The van der Waals surface area contributed by atoms with Gasteiger partial charge in [-0.15, -0.1) is 0 Å². The highest BCUT2D eigenvalue weighted by atomic mass is 16.3. The Labute approximate surface area is 174 Å². The zero-order valence-electron chi connectivity index (χ0n) is 17.9. The van der Waals surface area contributed by atoms with E-state index in [9.17, 15) is 15.0 Å². The first kappa shape index (κ1) is 21.8. The van der Waals surface area contributed by atoms with E-state index in [0.29, 0.717) is 24.7 Å². The van der Waals surface area contributed by atoms with Crippen LogP contribution >= 0.6 is 0 Å². The van der Waals surface area contributed by atoms with Crippen LogP contribution in [0.25, 0.3) is 0 Å².